The normalized spacial score (nSPS) is 12.7. The van der Waals surface area contributed by atoms with Crippen LogP contribution < -0.4 is 15.4 Å². The lowest BCUT2D eigenvalue weighted by atomic mass is 10.0. The van der Waals surface area contributed by atoms with Gasteiger partial charge in [-0.2, -0.15) is 0 Å². The van der Waals surface area contributed by atoms with E-state index < -0.39 is 10.0 Å². The minimum absolute atomic E-state index is 0.0638. The first-order chi connectivity index (χ1) is 10.7. The van der Waals surface area contributed by atoms with E-state index in [0.29, 0.717) is 19.5 Å². The zero-order valence-electron chi connectivity index (χ0n) is 14.3. The summed E-state index contributed by atoms with van der Waals surface area (Å²) in [5, 5.41) is 5.61. The molecular formula is C16H27N3O3S. The molecule has 0 aliphatic rings. The smallest absolute Gasteiger partial charge is 0.315 e. The first kappa shape index (κ1) is 19.4. The van der Waals surface area contributed by atoms with Gasteiger partial charge in [-0.05, 0) is 39.7 Å². The molecule has 0 aromatic heterocycles. The van der Waals surface area contributed by atoms with Crippen LogP contribution in [0.15, 0.2) is 18.2 Å². The molecule has 1 atom stereocenters. The quantitative estimate of drug-likeness (QED) is 0.632. The molecule has 0 heterocycles. The van der Waals surface area contributed by atoms with Crippen molar-refractivity contribution in [1.29, 1.82) is 0 Å². The maximum Gasteiger partial charge on any atom is 0.315 e. The molecular weight excluding hydrogens is 314 g/mol. The van der Waals surface area contributed by atoms with Gasteiger partial charge in [0.2, 0.25) is 10.0 Å². The third-order valence-corrected chi connectivity index (χ3v) is 4.84. The van der Waals surface area contributed by atoms with Crippen LogP contribution in [0.1, 0.15) is 43.0 Å². The number of urea groups is 1. The molecule has 23 heavy (non-hydrogen) atoms. The van der Waals surface area contributed by atoms with Crippen LogP contribution >= 0.6 is 0 Å². The summed E-state index contributed by atoms with van der Waals surface area (Å²) in [6.45, 7) is 8.31. The first-order valence-corrected chi connectivity index (χ1v) is 9.48. The summed E-state index contributed by atoms with van der Waals surface area (Å²) in [4.78, 5) is 11.9. The third-order valence-electron chi connectivity index (χ3n) is 3.43. The first-order valence-electron chi connectivity index (χ1n) is 7.83. The fourth-order valence-corrected chi connectivity index (χ4v) is 2.87. The molecule has 0 aliphatic carbocycles. The molecule has 0 spiro atoms. The van der Waals surface area contributed by atoms with Gasteiger partial charge in [0.25, 0.3) is 0 Å². The Kier molecular flexibility index (Phi) is 7.51. The zero-order valence-corrected chi connectivity index (χ0v) is 15.1. The summed E-state index contributed by atoms with van der Waals surface area (Å²) in [7, 11) is -3.16. The highest BCUT2D eigenvalue weighted by Crippen LogP contribution is 2.16. The van der Waals surface area contributed by atoms with Gasteiger partial charge < -0.3 is 10.6 Å². The van der Waals surface area contributed by atoms with E-state index >= 15 is 0 Å². The Bertz CT molecular complexity index is 609. The lowest BCUT2D eigenvalue weighted by Gasteiger charge is -2.16. The highest BCUT2D eigenvalue weighted by atomic mass is 32.2. The second-order valence-electron chi connectivity index (χ2n) is 5.69. The number of hydrogen-bond acceptors (Lipinski definition) is 3. The van der Waals surface area contributed by atoms with Crippen molar-refractivity contribution in [3.8, 4) is 0 Å². The Morgan fingerprint density at radius 2 is 1.74 bits per heavy atom. The molecule has 2 amide bonds. The molecule has 0 bridgehead atoms. The van der Waals surface area contributed by atoms with E-state index in [1.807, 2.05) is 20.8 Å². The summed E-state index contributed by atoms with van der Waals surface area (Å²) < 4.78 is 24.9. The molecule has 1 aromatic carbocycles. The Morgan fingerprint density at radius 3 is 2.30 bits per heavy atom. The van der Waals surface area contributed by atoms with Crippen molar-refractivity contribution in [3.05, 3.63) is 34.9 Å². The highest BCUT2D eigenvalue weighted by molar-refractivity contribution is 7.89. The number of benzene rings is 1. The van der Waals surface area contributed by atoms with E-state index in [0.717, 1.165) is 16.7 Å². The van der Waals surface area contributed by atoms with Crippen LogP contribution in [0.4, 0.5) is 4.79 Å². The van der Waals surface area contributed by atoms with Crippen LogP contribution in [0.25, 0.3) is 0 Å². The molecule has 0 radical (unpaired) electrons. The molecule has 0 saturated heterocycles. The molecule has 7 heteroatoms. The topological polar surface area (TPSA) is 87.3 Å². The van der Waals surface area contributed by atoms with Gasteiger partial charge in [-0.25, -0.2) is 17.9 Å². The van der Waals surface area contributed by atoms with Crippen molar-refractivity contribution in [3.63, 3.8) is 0 Å². The van der Waals surface area contributed by atoms with Crippen molar-refractivity contribution in [2.75, 3.05) is 18.8 Å². The van der Waals surface area contributed by atoms with Crippen molar-refractivity contribution >= 4 is 16.1 Å². The number of aryl methyl sites for hydroxylation is 2. The molecule has 1 rings (SSSR count). The minimum Gasteiger partial charge on any atom is -0.338 e. The summed E-state index contributed by atoms with van der Waals surface area (Å²) in [5.74, 6) is 0.0638. The van der Waals surface area contributed by atoms with Gasteiger partial charge in [-0.3, -0.25) is 0 Å². The van der Waals surface area contributed by atoms with Crippen LogP contribution in [-0.4, -0.2) is 33.3 Å². The van der Waals surface area contributed by atoms with Crippen LogP contribution in [0.3, 0.4) is 0 Å². The standard InChI is InChI=1S/C16H27N3O3S/c1-5-23(21,22)18-8-6-7-17-16(20)19-14(4)15-10-12(2)9-13(3)11-15/h9-11,14,18H,5-8H2,1-4H3,(H2,17,19,20). The maximum absolute atomic E-state index is 11.9. The Balaban J connectivity index is 2.33. The van der Waals surface area contributed by atoms with E-state index in [2.05, 4.69) is 33.6 Å². The molecule has 130 valence electrons. The zero-order chi connectivity index (χ0) is 17.5. The van der Waals surface area contributed by atoms with Crippen LogP contribution in [0.5, 0.6) is 0 Å². The highest BCUT2D eigenvalue weighted by Gasteiger charge is 2.10. The van der Waals surface area contributed by atoms with Crippen molar-refractivity contribution in [1.82, 2.24) is 15.4 Å². The number of sulfonamides is 1. The maximum atomic E-state index is 11.9. The van der Waals surface area contributed by atoms with Crippen molar-refractivity contribution < 1.29 is 13.2 Å². The SMILES string of the molecule is CCS(=O)(=O)NCCCNC(=O)NC(C)c1cc(C)cc(C)c1. The predicted octanol–water partition coefficient (Wildman–Crippen LogP) is 1.99. The van der Waals surface area contributed by atoms with Gasteiger partial charge in [-0.15, -0.1) is 0 Å². The van der Waals surface area contributed by atoms with E-state index in [-0.39, 0.29) is 17.8 Å². The van der Waals surface area contributed by atoms with Crippen LogP contribution in [0, 0.1) is 13.8 Å². The molecule has 6 nitrogen and oxygen atoms in total. The average Bonchev–Trinajstić information content (AvgIpc) is 2.45. The fraction of sp³-hybridized carbons (Fsp3) is 0.562. The van der Waals surface area contributed by atoms with Crippen LogP contribution in [-0.2, 0) is 10.0 Å². The van der Waals surface area contributed by atoms with Gasteiger partial charge in [0, 0.05) is 13.1 Å². The summed E-state index contributed by atoms with van der Waals surface area (Å²) in [5.41, 5.74) is 3.39. The third kappa shape index (κ3) is 7.47. The van der Waals surface area contributed by atoms with Crippen molar-refractivity contribution in [2.45, 2.75) is 40.2 Å². The average molecular weight is 341 g/mol. The van der Waals surface area contributed by atoms with Gasteiger partial charge in [0.05, 0.1) is 11.8 Å². The minimum atomic E-state index is -3.16. The molecule has 1 unspecified atom stereocenters. The van der Waals surface area contributed by atoms with E-state index in [4.69, 9.17) is 0 Å². The summed E-state index contributed by atoms with van der Waals surface area (Å²) >= 11 is 0. The number of carbonyl (C=O) groups is 1. The molecule has 0 saturated carbocycles. The predicted molar refractivity (Wildman–Crippen MR) is 92.9 cm³/mol. The molecule has 3 N–H and O–H groups in total. The Morgan fingerprint density at radius 1 is 1.13 bits per heavy atom. The van der Waals surface area contributed by atoms with Crippen molar-refractivity contribution in [2.24, 2.45) is 0 Å². The van der Waals surface area contributed by atoms with Gasteiger partial charge in [0.1, 0.15) is 0 Å². The summed E-state index contributed by atoms with van der Waals surface area (Å²) in [6, 6.07) is 5.85. The van der Waals surface area contributed by atoms with Gasteiger partial charge in [-0.1, -0.05) is 29.3 Å². The van der Waals surface area contributed by atoms with Crippen LogP contribution in [0.2, 0.25) is 0 Å². The molecule has 1 aromatic rings. The monoisotopic (exact) mass is 341 g/mol. The Hall–Kier alpha value is -1.60. The lowest BCUT2D eigenvalue weighted by molar-refractivity contribution is 0.238. The number of rotatable bonds is 8. The molecule has 0 fully saturated rings. The fourth-order valence-electron chi connectivity index (χ4n) is 2.21. The van der Waals surface area contributed by atoms with E-state index in [1.165, 1.54) is 0 Å². The second kappa shape index (κ2) is 8.88. The number of nitrogens with one attached hydrogen (secondary N) is 3. The molecule has 0 aliphatic heterocycles. The Labute approximate surface area is 139 Å². The summed E-state index contributed by atoms with van der Waals surface area (Å²) in [6.07, 6.45) is 0.546. The van der Waals surface area contributed by atoms with E-state index in [9.17, 15) is 13.2 Å². The van der Waals surface area contributed by atoms with Gasteiger partial charge in [0.15, 0.2) is 0 Å². The van der Waals surface area contributed by atoms with Gasteiger partial charge >= 0.3 is 6.03 Å². The number of hydrogen-bond donors (Lipinski definition) is 3. The van der Waals surface area contributed by atoms with E-state index in [1.54, 1.807) is 6.92 Å². The number of carbonyl (C=O) groups excluding carboxylic acids is 1. The second-order valence-corrected chi connectivity index (χ2v) is 7.79. The number of amides is 2. The largest absolute Gasteiger partial charge is 0.338 e. The lowest BCUT2D eigenvalue weighted by Crippen LogP contribution is -2.38.